The highest BCUT2D eigenvalue weighted by Gasteiger charge is 2.14. The van der Waals surface area contributed by atoms with Crippen molar-refractivity contribution in [3.63, 3.8) is 0 Å². The summed E-state index contributed by atoms with van der Waals surface area (Å²) in [5.41, 5.74) is 2.61. The van der Waals surface area contributed by atoms with Crippen LogP contribution >= 0.6 is 0 Å². The number of hydrogen-bond donors (Lipinski definition) is 0. The minimum atomic E-state index is 0.423. The van der Waals surface area contributed by atoms with E-state index in [4.69, 9.17) is 8.83 Å². The van der Waals surface area contributed by atoms with E-state index < -0.39 is 0 Å². The van der Waals surface area contributed by atoms with E-state index in [2.05, 4.69) is 53.2 Å². The smallest absolute Gasteiger partial charge is 0.283 e. The molecular weight excluding hydrogens is 278 g/mol. The van der Waals surface area contributed by atoms with Crippen LogP contribution < -0.4 is 0 Å². The molecule has 114 valence electrons. The van der Waals surface area contributed by atoms with Crippen molar-refractivity contribution in [2.75, 3.05) is 6.54 Å². The van der Waals surface area contributed by atoms with Gasteiger partial charge in [-0.15, -0.1) is 10.2 Å². The Morgan fingerprint density at radius 1 is 1.05 bits per heavy atom. The first kappa shape index (κ1) is 14.5. The second kappa shape index (κ2) is 6.58. The Hall–Kier alpha value is -2.40. The summed E-state index contributed by atoms with van der Waals surface area (Å²) in [5, 5.41) is 8.14. The SMILES string of the molecule is CCN(Cc1nnc(-c2ccco2)o1)Cc1ccccc1C. The first-order chi connectivity index (χ1) is 10.8. The van der Waals surface area contributed by atoms with E-state index in [0.717, 1.165) is 13.1 Å². The third-order valence-corrected chi connectivity index (χ3v) is 3.66. The minimum Gasteiger partial charge on any atom is -0.459 e. The van der Waals surface area contributed by atoms with Crippen LogP contribution in [0.5, 0.6) is 0 Å². The highest BCUT2D eigenvalue weighted by molar-refractivity contribution is 5.42. The van der Waals surface area contributed by atoms with Gasteiger partial charge < -0.3 is 8.83 Å². The van der Waals surface area contributed by atoms with Crippen LogP contribution in [0.2, 0.25) is 0 Å². The van der Waals surface area contributed by atoms with Crippen LogP contribution in [0.1, 0.15) is 23.9 Å². The van der Waals surface area contributed by atoms with Gasteiger partial charge in [0.2, 0.25) is 5.89 Å². The zero-order valence-corrected chi connectivity index (χ0v) is 12.8. The van der Waals surface area contributed by atoms with E-state index in [1.165, 1.54) is 11.1 Å². The summed E-state index contributed by atoms with van der Waals surface area (Å²) in [6.07, 6.45) is 1.59. The largest absolute Gasteiger partial charge is 0.459 e. The normalized spacial score (nSPS) is 11.2. The molecular formula is C17H19N3O2. The summed E-state index contributed by atoms with van der Waals surface area (Å²) >= 11 is 0. The quantitative estimate of drug-likeness (QED) is 0.695. The summed E-state index contributed by atoms with van der Waals surface area (Å²) in [6, 6.07) is 12.0. The molecule has 2 aromatic heterocycles. The van der Waals surface area contributed by atoms with Crippen molar-refractivity contribution >= 4 is 0 Å². The van der Waals surface area contributed by atoms with Crippen molar-refractivity contribution in [3.05, 3.63) is 59.7 Å². The predicted molar refractivity (Wildman–Crippen MR) is 83.0 cm³/mol. The molecule has 0 fully saturated rings. The molecule has 5 nitrogen and oxygen atoms in total. The Balaban J connectivity index is 1.69. The van der Waals surface area contributed by atoms with E-state index in [9.17, 15) is 0 Å². The second-order valence-electron chi connectivity index (χ2n) is 5.21. The number of rotatable bonds is 6. The molecule has 3 aromatic rings. The molecule has 22 heavy (non-hydrogen) atoms. The van der Waals surface area contributed by atoms with Gasteiger partial charge in [-0.3, -0.25) is 4.90 Å². The number of hydrogen-bond acceptors (Lipinski definition) is 5. The summed E-state index contributed by atoms with van der Waals surface area (Å²) in [4.78, 5) is 2.27. The molecule has 0 aliphatic rings. The number of nitrogens with zero attached hydrogens (tertiary/aromatic N) is 3. The fraction of sp³-hybridized carbons (Fsp3) is 0.294. The van der Waals surface area contributed by atoms with Gasteiger partial charge in [-0.1, -0.05) is 31.2 Å². The van der Waals surface area contributed by atoms with Gasteiger partial charge in [-0.2, -0.15) is 0 Å². The molecule has 0 saturated heterocycles. The van der Waals surface area contributed by atoms with Gasteiger partial charge in [0.25, 0.3) is 5.89 Å². The molecule has 0 aliphatic heterocycles. The third-order valence-electron chi connectivity index (χ3n) is 3.66. The van der Waals surface area contributed by atoms with Gasteiger partial charge in [0.15, 0.2) is 5.76 Å². The molecule has 0 spiro atoms. The minimum absolute atomic E-state index is 0.423. The number of aromatic nitrogens is 2. The van der Waals surface area contributed by atoms with E-state index in [0.29, 0.717) is 24.1 Å². The lowest BCUT2D eigenvalue weighted by molar-refractivity contribution is 0.242. The Kier molecular flexibility index (Phi) is 4.34. The number of furan rings is 1. The highest BCUT2D eigenvalue weighted by Crippen LogP contribution is 2.19. The third kappa shape index (κ3) is 3.26. The van der Waals surface area contributed by atoms with Crippen LogP contribution in [-0.4, -0.2) is 21.6 Å². The van der Waals surface area contributed by atoms with Crippen LogP contribution in [0.3, 0.4) is 0 Å². The van der Waals surface area contributed by atoms with Gasteiger partial charge >= 0.3 is 0 Å². The molecule has 0 atom stereocenters. The van der Waals surface area contributed by atoms with Gasteiger partial charge in [0.1, 0.15) is 0 Å². The lowest BCUT2D eigenvalue weighted by Crippen LogP contribution is -2.22. The van der Waals surface area contributed by atoms with Crippen LogP contribution in [-0.2, 0) is 13.1 Å². The van der Waals surface area contributed by atoms with E-state index >= 15 is 0 Å². The van der Waals surface area contributed by atoms with Crippen molar-refractivity contribution in [3.8, 4) is 11.7 Å². The first-order valence-electron chi connectivity index (χ1n) is 7.39. The topological polar surface area (TPSA) is 55.3 Å². The molecule has 1 aromatic carbocycles. The Labute approximate surface area is 129 Å². The molecule has 0 amide bonds. The zero-order valence-electron chi connectivity index (χ0n) is 12.8. The van der Waals surface area contributed by atoms with Crippen LogP contribution in [0, 0.1) is 6.92 Å². The maximum atomic E-state index is 5.67. The average Bonchev–Trinajstić information content (AvgIpc) is 3.19. The van der Waals surface area contributed by atoms with E-state index in [1.807, 2.05) is 6.07 Å². The monoisotopic (exact) mass is 297 g/mol. The van der Waals surface area contributed by atoms with Crippen molar-refractivity contribution in [1.29, 1.82) is 0 Å². The van der Waals surface area contributed by atoms with E-state index in [1.54, 1.807) is 12.3 Å². The van der Waals surface area contributed by atoms with Gasteiger partial charge in [-0.05, 0) is 36.7 Å². The van der Waals surface area contributed by atoms with Gasteiger partial charge in [0, 0.05) is 6.54 Å². The fourth-order valence-corrected chi connectivity index (χ4v) is 2.32. The molecule has 0 N–H and O–H groups in total. The predicted octanol–water partition coefficient (Wildman–Crippen LogP) is 3.66. The lowest BCUT2D eigenvalue weighted by Gasteiger charge is -2.19. The zero-order chi connectivity index (χ0) is 15.4. The molecule has 0 radical (unpaired) electrons. The van der Waals surface area contributed by atoms with Crippen molar-refractivity contribution in [2.45, 2.75) is 26.9 Å². The standard InChI is InChI=1S/C17H19N3O2/c1-3-20(11-14-8-5-4-7-13(14)2)12-16-18-19-17(22-16)15-9-6-10-21-15/h4-10H,3,11-12H2,1-2H3. The summed E-state index contributed by atoms with van der Waals surface area (Å²) in [6.45, 7) is 6.65. The van der Waals surface area contributed by atoms with Gasteiger partial charge in [-0.25, -0.2) is 0 Å². The molecule has 5 heteroatoms. The maximum Gasteiger partial charge on any atom is 0.283 e. The molecule has 0 aliphatic carbocycles. The van der Waals surface area contributed by atoms with Crippen LogP contribution in [0.15, 0.2) is 51.5 Å². The average molecular weight is 297 g/mol. The molecule has 3 rings (SSSR count). The molecule has 0 saturated carbocycles. The Morgan fingerprint density at radius 3 is 2.64 bits per heavy atom. The summed E-state index contributed by atoms with van der Waals surface area (Å²) in [7, 11) is 0. The molecule has 2 heterocycles. The maximum absolute atomic E-state index is 5.67. The Bertz CT molecular complexity index is 719. The summed E-state index contributed by atoms with van der Waals surface area (Å²) < 4.78 is 10.9. The van der Waals surface area contributed by atoms with E-state index in [-0.39, 0.29) is 0 Å². The number of benzene rings is 1. The van der Waals surface area contributed by atoms with Crippen LogP contribution in [0.25, 0.3) is 11.7 Å². The fourth-order valence-electron chi connectivity index (χ4n) is 2.32. The van der Waals surface area contributed by atoms with Crippen LogP contribution in [0.4, 0.5) is 0 Å². The molecule has 0 unspecified atom stereocenters. The van der Waals surface area contributed by atoms with Crippen molar-refractivity contribution < 1.29 is 8.83 Å². The van der Waals surface area contributed by atoms with Gasteiger partial charge in [0.05, 0.1) is 12.8 Å². The second-order valence-corrected chi connectivity index (χ2v) is 5.21. The lowest BCUT2D eigenvalue weighted by atomic mass is 10.1. The van der Waals surface area contributed by atoms with Crippen molar-refractivity contribution in [2.24, 2.45) is 0 Å². The first-order valence-corrected chi connectivity index (χ1v) is 7.39. The Morgan fingerprint density at radius 2 is 1.91 bits per heavy atom. The number of aryl methyl sites for hydroxylation is 1. The summed E-state index contributed by atoms with van der Waals surface area (Å²) in [5.74, 6) is 1.62. The molecule has 0 bridgehead atoms. The highest BCUT2D eigenvalue weighted by atomic mass is 16.4. The van der Waals surface area contributed by atoms with Crippen molar-refractivity contribution in [1.82, 2.24) is 15.1 Å².